The Hall–Kier alpha value is -3.40. The smallest absolute Gasteiger partial charge is 0.255 e. The van der Waals surface area contributed by atoms with Gasteiger partial charge in [0.2, 0.25) is 0 Å². The molecule has 0 saturated heterocycles. The molecule has 0 bridgehead atoms. The van der Waals surface area contributed by atoms with Gasteiger partial charge < -0.3 is 0 Å². The molecule has 4 aromatic rings. The lowest BCUT2D eigenvalue weighted by molar-refractivity contribution is -0.137. The first-order chi connectivity index (χ1) is 13.5. The zero-order chi connectivity index (χ0) is 19.6. The van der Waals surface area contributed by atoms with E-state index in [0.717, 1.165) is 34.4 Å². The quantitative estimate of drug-likeness (QED) is 0.372. The van der Waals surface area contributed by atoms with Crippen molar-refractivity contribution in [2.75, 3.05) is 0 Å². The number of aromatic nitrogens is 1. The number of hydrogen-bond donors (Lipinski definition) is 0. The minimum atomic E-state index is -4.36. The van der Waals surface area contributed by atoms with E-state index in [1.54, 1.807) is 6.20 Å². The molecule has 138 valence electrons. The minimum absolute atomic E-state index is 0.645. The van der Waals surface area contributed by atoms with Gasteiger partial charge in [-0.25, -0.2) is 0 Å². The second kappa shape index (κ2) is 7.31. The Kier molecular flexibility index (Phi) is 4.70. The third-order valence-corrected chi connectivity index (χ3v) is 4.57. The maximum absolute atomic E-state index is 12.9. The third kappa shape index (κ3) is 3.67. The van der Waals surface area contributed by atoms with E-state index in [4.69, 9.17) is 0 Å². The second-order valence-corrected chi connectivity index (χ2v) is 6.43. The summed E-state index contributed by atoms with van der Waals surface area (Å²) in [4.78, 5) is 4.61. The summed E-state index contributed by atoms with van der Waals surface area (Å²) < 4.78 is 38.7. The zero-order valence-corrected chi connectivity index (χ0v) is 14.8. The van der Waals surface area contributed by atoms with Gasteiger partial charge in [0.15, 0.2) is 0 Å². The van der Waals surface area contributed by atoms with E-state index in [1.807, 2.05) is 66.7 Å². The first kappa shape index (κ1) is 18.0. The van der Waals surface area contributed by atoms with E-state index >= 15 is 0 Å². The van der Waals surface area contributed by atoms with Gasteiger partial charge in [0.1, 0.15) is 0 Å². The fraction of sp³-hybridized carbons (Fsp3) is 0.0417. The van der Waals surface area contributed by atoms with Crippen LogP contribution in [0, 0.1) is 0 Å². The molecule has 0 spiro atoms. The molecule has 28 heavy (non-hydrogen) atoms. The van der Waals surface area contributed by atoms with Gasteiger partial charge in [0.05, 0.1) is 11.3 Å². The lowest BCUT2D eigenvalue weighted by Gasteiger charge is -2.13. The van der Waals surface area contributed by atoms with Crippen LogP contribution in [0.4, 0.5) is 13.2 Å². The first-order valence-corrected chi connectivity index (χ1v) is 8.81. The van der Waals surface area contributed by atoms with Gasteiger partial charge in [0, 0.05) is 22.9 Å². The molecule has 4 rings (SSSR count). The standard InChI is InChI=1S/C24H16F3N/c25-24(26,27)21-13-11-19(12-14-21)23-22(18-9-5-2-6-10-18)15-20(16-28-23)17-7-3-1-4-8-17/h1-16H. The summed E-state index contributed by atoms with van der Waals surface area (Å²) in [5, 5.41) is 0. The lowest BCUT2D eigenvalue weighted by Crippen LogP contribution is -2.04. The number of nitrogens with zero attached hydrogens (tertiary/aromatic N) is 1. The van der Waals surface area contributed by atoms with E-state index in [-0.39, 0.29) is 0 Å². The number of hydrogen-bond acceptors (Lipinski definition) is 1. The summed E-state index contributed by atoms with van der Waals surface area (Å²) in [6, 6.07) is 26.8. The average molecular weight is 375 g/mol. The molecule has 0 aliphatic carbocycles. The number of alkyl halides is 3. The van der Waals surface area contributed by atoms with Crippen LogP contribution in [0.5, 0.6) is 0 Å². The van der Waals surface area contributed by atoms with Crippen molar-refractivity contribution in [2.45, 2.75) is 6.18 Å². The molecule has 1 aromatic heterocycles. The summed E-state index contributed by atoms with van der Waals surface area (Å²) in [6.45, 7) is 0. The topological polar surface area (TPSA) is 12.9 Å². The van der Waals surface area contributed by atoms with E-state index in [1.165, 1.54) is 12.1 Å². The van der Waals surface area contributed by atoms with Gasteiger partial charge in [-0.1, -0.05) is 72.8 Å². The molecule has 1 heterocycles. The SMILES string of the molecule is FC(F)(F)c1ccc(-c2ncc(-c3ccccc3)cc2-c2ccccc2)cc1. The zero-order valence-electron chi connectivity index (χ0n) is 14.8. The van der Waals surface area contributed by atoms with E-state index in [9.17, 15) is 13.2 Å². The number of halogens is 3. The predicted octanol–water partition coefficient (Wildman–Crippen LogP) is 7.10. The van der Waals surface area contributed by atoms with Crippen LogP contribution < -0.4 is 0 Å². The first-order valence-electron chi connectivity index (χ1n) is 8.81. The molecule has 0 fully saturated rings. The molecule has 4 heteroatoms. The molecule has 0 amide bonds. The number of benzene rings is 3. The molecule has 0 N–H and O–H groups in total. The Morgan fingerprint density at radius 1 is 0.571 bits per heavy atom. The molecule has 1 nitrogen and oxygen atoms in total. The fourth-order valence-electron chi connectivity index (χ4n) is 3.14. The Labute approximate surface area is 161 Å². The van der Waals surface area contributed by atoms with Crippen LogP contribution in [0.3, 0.4) is 0 Å². The summed E-state index contributed by atoms with van der Waals surface area (Å²) in [6.07, 6.45) is -2.60. The van der Waals surface area contributed by atoms with E-state index < -0.39 is 11.7 Å². The largest absolute Gasteiger partial charge is 0.416 e. The van der Waals surface area contributed by atoms with Gasteiger partial charge in [-0.15, -0.1) is 0 Å². The van der Waals surface area contributed by atoms with Crippen molar-refractivity contribution in [1.29, 1.82) is 0 Å². The van der Waals surface area contributed by atoms with Crippen molar-refractivity contribution >= 4 is 0 Å². The molecular formula is C24H16F3N. The molecular weight excluding hydrogens is 359 g/mol. The Balaban J connectivity index is 1.85. The third-order valence-electron chi connectivity index (χ3n) is 4.57. The average Bonchev–Trinajstić information content (AvgIpc) is 2.74. The highest BCUT2D eigenvalue weighted by Gasteiger charge is 2.30. The van der Waals surface area contributed by atoms with Crippen molar-refractivity contribution in [1.82, 2.24) is 4.98 Å². The molecule has 0 saturated carbocycles. The molecule has 3 aromatic carbocycles. The highest BCUT2D eigenvalue weighted by atomic mass is 19.4. The van der Waals surface area contributed by atoms with Gasteiger partial charge in [-0.05, 0) is 29.3 Å². The van der Waals surface area contributed by atoms with Crippen LogP contribution in [-0.4, -0.2) is 4.98 Å². The normalized spacial score (nSPS) is 11.4. The predicted molar refractivity (Wildman–Crippen MR) is 106 cm³/mol. The summed E-state index contributed by atoms with van der Waals surface area (Å²) in [5.41, 5.74) is 4.45. The number of pyridine rings is 1. The molecule has 0 aliphatic rings. The van der Waals surface area contributed by atoms with Crippen LogP contribution in [0.15, 0.2) is 97.2 Å². The van der Waals surface area contributed by atoms with Crippen molar-refractivity contribution < 1.29 is 13.2 Å². The van der Waals surface area contributed by atoms with Crippen molar-refractivity contribution in [3.05, 3.63) is 103 Å². The van der Waals surface area contributed by atoms with Crippen molar-refractivity contribution in [2.24, 2.45) is 0 Å². The van der Waals surface area contributed by atoms with Crippen LogP contribution in [0.1, 0.15) is 5.56 Å². The lowest BCUT2D eigenvalue weighted by atomic mass is 9.95. The van der Waals surface area contributed by atoms with Gasteiger partial charge >= 0.3 is 6.18 Å². The van der Waals surface area contributed by atoms with Crippen LogP contribution in [0.2, 0.25) is 0 Å². The van der Waals surface area contributed by atoms with Crippen LogP contribution >= 0.6 is 0 Å². The second-order valence-electron chi connectivity index (χ2n) is 6.43. The monoisotopic (exact) mass is 375 g/mol. The Bertz CT molecular complexity index is 1070. The molecule has 0 radical (unpaired) electrons. The summed E-state index contributed by atoms with van der Waals surface area (Å²) in [7, 11) is 0. The van der Waals surface area contributed by atoms with E-state index in [0.29, 0.717) is 11.3 Å². The molecule has 0 unspecified atom stereocenters. The molecule has 0 aliphatic heterocycles. The fourth-order valence-corrected chi connectivity index (χ4v) is 3.14. The van der Waals surface area contributed by atoms with Crippen molar-refractivity contribution in [3.8, 4) is 33.5 Å². The summed E-state index contributed by atoms with van der Waals surface area (Å²) >= 11 is 0. The highest BCUT2D eigenvalue weighted by molar-refractivity contribution is 5.84. The maximum atomic E-state index is 12.9. The highest BCUT2D eigenvalue weighted by Crippen LogP contribution is 2.35. The van der Waals surface area contributed by atoms with Crippen LogP contribution in [-0.2, 0) is 6.18 Å². The van der Waals surface area contributed by atoms with Gasteiger partial charge in [-0.2, -0.15) is 13.2 Å². The Morgan fingerprint density at radius 3 is 1.71 bits per heavy atom. The molecule has 0 atom stereocenters. The maximum Gasteiger partial charge on any atom is 0.416 e. The summed E-state index contributed by atoms with van der Waals surface area (Å²) in [5.74, 6) is 0. The van der Waals surface area contributed by atoms with E-state index in [2.05, 4.69) is 4.98 Å². The minimum Gasteiger partial charge on any atom is -0.255 e. The van der Waals surface area contributed by atoms with Crippen LogP contribution in [0.25, 0.3) is 33.5 Å². The number of rotatable bonds is 3. The van der Waals surface area contributed by atoms with Crippen molar-refractivity contribution in [3.63, 3.8) is 0 Å². The van der Waals surface area contributed by atoms with Gasteiger partial charge in [0.25, 0.3) is 0 Å². The van der Waals surface area contributed by atoms with Gasteiger partial charge in [-0.3, -0.25) is 4.98 Å². The Morgan fingerprint density at radius 2 is 1.14 bits per heavy atom.